The van der Waals surface area contributed by atoms with Crippen LogP contribution in [0.4, 0.5) is 0 Å². The van der Waals surface area contributed by atoms with Crippen LogP contribution in [0, 0.1) is 0 Å². The van der Waals surface area contributed by atoms with Crippen LogP contribution in [0.15, 0.2) is 22.7 Å². The Labute approximate surface area is 154 Å². The van der Waals surface area contributed by atoms with Crippen molar-refractivity contribution in [3.63, 3.8) is 0 Å². The van der Waals surface area contributed by atoms with Crippen molar-refractivity contribution in [2.24, 2.45) is 5.73 Å². The molecular formula is C17H21BrN4O3. The van der Waals surface area contributed by atoms with Crippen LogP contribution < -0.4 is 10.5 Å². The summed E-state index contributed by atoms with van der Waals surface area (Å²) in [6.07, 6.45) is 0. The lowest BCUT2D eigenvalue weighted by molar-refractivity contribution is 0.0993. The van der Waals surface area contributed by atoms with Gasteiger partial charge >= 0.3 is 0 Å². The van der Waals surface area contributed by atoms with Gasteiger partial charge in [0.25, 0.3) is 5.91 Å². The summed E-state index contributed by atoms with van der Waals surface area (Å²) in [7, 11) is 3.64. The molecule has 1 aromatic heterocycles. The Hall–Kier alpha value is -1.90. The van der Waals surface area contributed by atoms with E-state index in [4.69, 9.17) is 15.2 Å². The maximum atomic E-state index is 12.0. The maximum absolute atomic E-state index is 12.0. The zero-order valence-corrected chi connectivity index (χ0v) is 15.9. The number of carbonyl (C=O) groups excluding carboxylic acids is 1. The maximum Gasteiger partial charge on any atom is 0.269 e. The van der Waals surface area contributed by atoms with E-state index in [1.165, 1.54) is 0 Å². The molecule has 8 heteroatoms. The summed E-state index contributed by atoms with van der Waals surface area (Å²) >= 11 is 3.48. The molecule has 0 atom stereocenters. The standard InChI is InChI=1S/C17H21BrN4O3/c1-21(5-7-24-2)10-13-15(16(19)23)20-17-12-9-11(18)3-4-14(12)25-8-6-22(13)17/h3-4,9H,5-8,10H2,1-2H3,(H2,19,23). The Kier molecular flexibility index (Phi) is 5.41. The fourth-order valence-electron chi connectivity index (χ4n) is 2.92. The number of amides is 1. The number of nitrogens with two attached hydrogens (primary N) is 1. The van der Waals surface area contributed by atoms with Crippen molar-refractivity contribution in [1.29, 1.82) is 0 Å². The molecule has 134 valence electrons. The van der Waals surface area contributed by atoms with E-state index in [-0.39, 0.29) is 0 Å². The minimum Gasteiger partial charge on any atom is -0.491 e. The van der Waals surface area contributed by atoms with Crippen molar-refractivity contribution in [1.82, 2.24) is 14.5 Å². The number of rotatable bonds is 6. The molecule has 2 aromatic rings. The number of halogens is 1. The monoisotopic (exact) mass is 408 g/mol. The van der Waals surface area contributed by atoms with Crippen molar-refractivity contribution in [3.8, 4) is 17.1 Å². The van der Waals surface area contributed by atoms with E-state index in [1.54, 1.807) is 7.11 Å². The van der Waals surface area contributed by atoms with Crippen LogP contribution >= 0.6 is 15.9 Å². The molecule has 3 rings (SSSR count). The van der Waals surface area contributed by atoms with E-state index >= 15 is 0 Å². The van der Waals surface area contributed by atoms with Crippen LogP contribution in [0.5, 0.6) is 5.75 Å². The number of primary amides is 1. The number of fused-ring (bicyclic) bond motifs is 3. The van der Waals surface area contributed by atoms with Gasteiger partial charge in [0.05, 0.1) is 24.4 Å². The molecule has 0 saturated heterocycles. The highest BCUT2D eigenvalue weighted by Crippen LogP contribution is 2.35. The van der Waals surface area contributed by atoms with Crippen LogP contribution in [0.25, 0.3) is 11.4 Å². The predicted octanol–water partition coefficient (Wildman–Crippen LogP) is 1.88. The highest BCUT2D eigenvalue weighted by molar-refractivity contribution is 9.10. The fourth-order valence-corrected chi connectivity index (χ4v) is 3.28. The summed E-state index contributed by atoms with van der Waals surface area (Å²) in [5.74, 6) is 0.938. The number of aromatic nitrogens is 2. The Morgan fingerprint density at radius 3 is 3.04 bits per heavy atom. The van der Waals surface area contributed by atoms with E-state index in [9.17, 15) is 4.79 Å². The number of hydrogen-bond acceptors (Lipinski definition) is 5. The first-order valence-corrected chi connectivity index (χ1v) is 8.80. The highest BCUT2D eigenvalue weighted by Gasteiger charge is 2.26. The van der Waals surface area contributed by atoms with Gasteiger partial charge in [-0.15, -0.1) is 0 Å². The van der Waals surface area contributed by atoms with Gasteiger partial charge in [-0.05, 0) is 25.2 Å². The predicted molar refractivity (Wildman–Crippen MR) is 97.6 cm³/mol. The van der Waals surface area contributed by atoms with Gasteiger partial charge in [0.2, 0.25) is 0 Å². The average Bonchev–Trinajstić information content (AvgIpc) is 2.82. The van der Waals surface area contributed by atoms with Crippen LogP contribution in [0.2, 0.25) is 0 Å². The van der Waals surface area contributed by atoms with Crippen LogP contribution in [0.1, 0.15) is 16.2 Å². The lowest BCUT2D eigenvalue weighted by Crippen LogP contribution is -2.26. The van der Waals surface area contributed by atoms with Crippen LogP contribution in [-0.4, -0.2) is 54.3 Å². The second-order valence-corrected chi connectivity index (χ2v) is 6.88. The molecule has 1 amide bonds. The lowest BCUT2D eigenvalue weighted by atomic mass is 10.2. The zero-order valence-electron chi connectivity index (χ0n) is 14.3. The van der Waals surface area contributed by atoms with Gasteiger partial charge in [0, 0.05) is 24.7 Å². The smallest absolute Gasteiger partial charge is 0.269 e. The Morgan fingerprint density at radius 1 is 1.52 bits per heavy atom. The molecule has 0 aliphatic carbocycles. The first kappa shape index (κ1) is 17.9. The fraction of sp³-hybridized carbons (Fsp3) is 0.412. The van der Waals surface area contributed by atoms with E-state index in [2.05, 4.69) is 25.8 Å². The SMILES string of the molecule is COCCN(C)Cc1c(C(N)=O)nc2n1CCOc1ccc(Br)cc1-2. The molecule has 2 N–H and O–H groups in total. The Bertz CT molecular complexity index is 790. The van der Waals surface area contributed by atoms with E-state index in [1.807, 2.05) is 29.8 Å². The normalized spacial score (nSPS) is 13.1. The van der Waals surface area contributed by atoms with Crippen molar-refractivity contribution in [2.75, 3.05) is 33.9 Å². The minimum atomic E-state index is -0.520. The second-order valence-electron chi connectivity index (χ2n) is 5.97. The van der Waals surface area contributed by atoms with Crippen molar-refractivity contribution in [2.45, 2.75) is 13.1 Å². The average molecular weight is 409 g/mol. The van der Waals surface area contributed by atoms with Gasteiger partial charge in [-0.2, -0.15) is 0 Å². The molecule has 2 heterocycles. The summed E-state index contributed by atoms with van der Waals surface area (Å²) in [5, 5.41) is 0. The Morgan fingerprint density at radius 2 is 2.32 bits per heavy atom. The number of ether oxygens (including phenoxy) is 2. The molecule has 7 nitrogen and oxygen atoms in total. The molecule has 0 radical (unpaired) electrons. The van der Waals surface area contributed by atoms with Crippen LogP contribution in [0.3, 0.4) is 0 Å². The number of benzene rings is 1. The summed E-state index contributed by atoms with van der Waals surface area (Å²) in [6.45, 7) is 3.02. The van der Waals surface area contributed by atoms with Gasteiger partial charge in [0.1, 0.15) is 18.2 Å². The Balaban J connectivity index is 2.07. The number of likely N-dealkylation sites (N-methyl/N-ethyl adjacent to an activating group) is 1. The summed E-state index contributed by atoms with van der Waals surface area (Å²) in [4.78, 5) is 18.6. The third-order valence-electron chi connectivity index (χ3n) is 4.16. The number of carbonyl (C=O) groups is 1. The van der Waals surface area contributed by atoms with Crippen molar-refractivity contribution < 1.29 is 14.3 Å². The first-order chi connectivity index (χ1) is 12.0. The second kappa shape index (κ2) is 7.55. The summed E-state index contributed by atoms with van der Waals surface area (Å²) in [6, 6.07) is 5.77. The first-order valence-electron chi connectivity index (χ1n) is 8.00. The molecule has 0 unspecified atom stereocenters. The molecule has 0 saturated carbocycles. The van der Waals surface area contributed by atoms with Gasteiger partial charge in [-0.25, -0.2) is 4.98 Å². The lowest BCUT2D eigenvalue weighted by Gasteiger charge is -2.18. The van der Waals surface area contributed by atoms with Gasteiger partial charge in [0.15, 0.2) is 5.69 Å². The molecular weight excluding hydrogens is 388 g/mol. The van der Waals surface area contributed by atoms with Gasteiger partial charge in [-0.3, -0.25) is 9.69 Å². The number of hydrogen-bond donors (Lipinski definition) is 1. The topological polar surface area (TPSA) is 82.6 Å². The van der Waals surface area contributed by atoms with E-state index in [0.717, 1.165) is 28.0 Å². The van der Waals surface area contributed by atoms with Gasteiger partial charge in [-0.1, -0.05) is 15.9 Å². The molecule has 1 aliphatic heterocycles. The molecule has 0 fully saturated rings. The van der Waals surface area contributed by atoms with Crippen LogP contribution in [-0.2, 0) is 17.8 Å². The highest BCUT2D eigenvalue weighted by atomic mass is 79.9. The molecule has 25 heavy (non-hydrogen) atoms. The molecule has 0 bridgehead atoms. The van der Waals surface area contributed by atoms with Crippen molar-refractivity contribution in [3.05, 3.63) is 34.1 Å². The molecule has 1 aromatic carbocycles. The number of nitrogens with zero attached hydrogens (tertiary/aromatic N) is 3. The number of imidazole rings is 1. The van der Waals surface area contributed by atoms with Crippen molar-refractivity contribution >= 4 is 21.8 Å². The number of methoxy groups -OCH3 is 1. The zero-order chi connectivity index (χ0) is 18.0. The molecule has 1 aliphatic rings. The summed E-state index contributed by atoms with van der Waals surface area (Å²) < 4.78 is 13.9. The molecule has 0 spiro atoms. The summed E-state index contributed by atoms with van der Waals surface area (Å²) in [5.41, 5.74) is 7.56. The quantitative estimate of drug-likeness (QED) is 0.788. The van der Waals surface area contributed by atoms with E-state index < -0.39 is 5.91 Å². The third-order valence-corrected chi connectivity index (χ3v) is 4.65. The third kappa shape index (κ3) is 3.70. The largest absolute Gasteiger partial charge is 0.491 e. The van der Waals surface area contributed by atoms with Gasteiger partial charge < -0.3 is 19.8 Å². The van der Waals surface area contributed by atoms with E-state index in [0.29, 0.717) is 37.8 Å². The minimum absolute atomic E-state index is 0.312.